The summed E-state index contributed by atoms with van der Waals surface area (Å²) in [4.78, 5) is 2.43. The molecule has 1 heterocycles. The molecule has 61 heavy (non-hydrogen) atoms. The van der Waals surface area contributed by atoms with Gasteiger partial charge in [0.1, 0.15) is 0 Å². The van der Waals surface area contributed by atoms with Gasteiger partial charge < -0.3 is 9.47 Å². The molecule has 12 rings (SSSR count). The van der Waals surface area contributed by atoms with Crippen LogP contribution in [0.2, 0.25) is 0 Å². The van der Waals surface area contributed by atoms with Crippen LogP contribution >= 0.6 is 0 Å². The predicted octanol–water partition coefficient (Wildman–Crippen LogP) is 16.2. The van der Waals surface area contributed by atoms with Crippen LogP contribution in [0.15, 0.2) is 218 Å². The maximum atomic E-state index is 2.44. The summed E-state index contributed by atoms with van der Waals surface area (Å²) in [5.74, 6) is 0. The molecule has 0 bridgehead atoms. The lowest BCUT2D eigenvalue weighted by Crippen LogP contribution is -2.16. The minimum absolute atomic E-state index is 0.220. The molecular formula is C59H42N2. The zero-order valence-electron chi connectivity index (χ0n) is 34.2. The van der Waals surface area contributed by atoms with Gasteiger partial charge in [0.15, 0.2) is 0 Å². The number of hydrogen-bond acceptors (Lipinski definition) is 1. The molecule has 0 amide bonds. The molecule has 0 saturated carbocycles. The lowest BCUT2D eigenvalue weighted by molar-refractivity contribution is 0.660. The third kappa shape index (κ3) is 5.64. The van der Waals surface area contributed by atoms with Gasteiger partial charge in [0.2, 0.25) is 0 Å². The molecule has 0 atom stereocenters. The smallest absolute Gasteiger partial charge is 0.0547 e. The van der Waals surface area contributed by atoms with Crippen LogP contribution in [-0.2, 0) is 5.41 Å². The van der Waals surface area contributed by atoms with Gasteiger partial charge in [-0.2, -0.15) is 0 Å². The Morgan fingerprint density at radius 1 is 0.344 bits per heavy atom. The highest BCUT2D eigenvalue weighted by Crippen LogP contribution is 2.52. The Labute approximate surface area is 356 Å². The third-order valence-electron chi connectivity index (χ3n) is 13.2. The van der Waals surface area contributed by atoms with Crippen LogP contribution in [-0.4, -0.2) is 4.57 Å². The van der Waals surface area contributed by atoms with E-state index in [4.69, 9.17) is 0 Å². The van der Waals surface area contributed by atoms with E-state index in [0.717, 1.165) is 17.1 Å². The van der Waals surface area contributed by atoms with Crippen LogP contribution in [0.25, 0.3) is 82.4 Å². The lowest BCUT2D eigenvalue weighted by atomic mass is 9.81. The van der Waals surface area contributed by atoms with E-state index in [1.165, 1.54) is 93.5 Å². The number of benzene rings is 10. The van der Waals surface area contributed by atoms with Crippen molar-refractivity contribution >= 4 is 60.4 Å². The van der Waals surface area contributed by atoms with Crippen molar-refractivity contribution in [1.82, 2.24) is 4.57 Å². The Balaban J connectivity index is 0.972. The van der Waals surface area contributed by atoms with Crippen LogP contribution in [0, 0.1) is 0 Å². The van der Waals surface area contributed by atoms with Crippen molar-refractivity contribution in [3.63, 3.8) is 0 Å². The van der Waals surface area contributed by atoms with Crippen LogP contribution in [0.5, 0.6) is 0 Å². The van der Waals surface area contributed by atoms with Crippen molar-refractivity contribution in [1.29, 1.82) is 0 Å². The van der Waals surface area contributed by atoms with Gasteiger partial charge in [-0.15, -0.1) is 0 Å². The molecule has 288 valence electrons. The Kier molecular flexibility index (Phi) is 7.92. The summed E-state index contributed by atoms with van der Waals surface area (Å²) in [6.07, 6.45) is 0. The summed E-state index contributed by atoms with van der Waals surface area (Å²) in [6, 6.07) is 80.4. The van der Waals surface area contributed by atoms with E-state index in [-0.39, 0.29) is 5.41 Å². The molecule has 2 nitrogen and oxygen atoms in total. The van der Waals surface area contributed by atoms with Crippen molar-refractivity contribution in [2.45, 2.75) is 19.3 Å². The first-order chi connectivity index (χ1) is 30.0. The minimum atomic E-state index is -0.220. The SMILES string of the molecule is CC1(C)c2cc(-c3ccc4c5ccccc5n(-c5ccccc5)c4c3)ccc2-c2ccc(N(c3ccc(-c4ccccc4)cc3)c3ccc4ccc5ccccc5c4c3)cc21. The van der Waals surface area contributed by atoms with Gasteiger partial charge in [0.05, 0.1) is 11.0 Å². The van der Waals surface area contributed by atoms with Crippen LogP contribution in [0.4, 0.5) is 17.1 Å². The molecule has 0 aliphatic heterocycles. The molecule has 10 aromatic carbocycles. The number of rotatable bonds is 6. The first-order valence-electron chi connectivity index (χ1n) is 21.3. The van der Waals surface area contributed by atoms with Crippen LogP contribution in [0.1, 0.15) is 25.0 Å². The Hall–Kier alpha value is -7.68. The zero-order valence-corrected chi connectivity index (χ0v) is 34.2. The molecule has 1 aromatic heterocycles. The summed E-state index contributed by atoms with van der Waals surface area (Å²) >= 11 is 0. The van der Waals surface area contributed by atoms with Gasteiger partial charge in [-0.1, -0.05) is 166 Å². The number of nitrogens with zero attached hydrogens (tertiary/aromatic N) is 2. The molecule has 0 fully saturated rings. The highest BCUT2D eigenvalue weighted by Gasteiger charge is 2.36. The number of fused-ring (bicyclic) bond motifs is 9. The van der Waals surface area contributed by atoms with Gasteiger partial charge in [0, 0.05) is 38.9 Å². The zero-order chi connectivity index (χ0) is 40.7. The number of hydrogen-bond donors (Lipinski definition) is 0. The Morgan fingerprint density at radius 2 is 0.869 bits per heavy atom. The molecule has 0 spiro atoms. The number of para-hydroxylation sites is 2. The van der Waals surface area contributed by atoms with E-state index in [1.807, 2.05) is 0 Å². The Morgan fingerprint density at radius 3 is 1.67 bits per heavy atom. The van der Waals surface area contributed by atoms with Gasteiger partial charge >= 0.3 is 0 Å². The largest absolute Gasteiger partial charge is 0.310 e. The normalized spacial score (nSPS) is 12.9. The topological polar surface area (TPSA) is 8.17 Å². The molecule has 1 aliphatic carbocycles. The van der Waals surface area contributed by atoms with E-state index in [0.29, 0.717) is 0 Å². The average molecular weight is 779 g/mol. The van der Waals surface area contributed by atoms with E-state index in [2.05, 4.69) is 242 Å². The quantitative estimate of drug-likeness (QED) is 0.153. The van der Waals surface area contributed by atoms with E-state index >= 15 is 0 Å². The summed E-state index contributed by atoms with van der Waals surface area (Å²) in [5.41, 5.74) is 17.0. The van der Waals surface area contributed by atoms with Crippen molar-refractivity contribution in [3.8, 4) is 39.1 Å². The second-order valence-electron chi connectivity index (χ2n) is 17.0. The fourth-order valence-corrected chi connectivity index (χ4v) is 10.1. The maximum Gasteiger partial charge on any atom is 0.0547 e. The van der Waals surface area contributed by atoms with Gasteiger partial charge in [0.25, 0.3) is 0 Å². The summed E-state index contributed by atoms with van der Waals surface area (Å²) in [7, 11) is 0. The first-order valence-corrected chi connectivity index (χ1v) is 21.3. The first kappa shape index (κ1) is 35.3. The number of aromatic nitrogens is 1. The van der Waals surface area contributed by atoms with Crippen molar-refractivity contribution in [2.24, 2.45) is 0 Å². The maximum absolute atomic E-state index is 2.44. The summed E-state index contributed by atoms with van der Waals surface area (Å²) in [5, 5.41) is 7.55. The average Bonchev–Trinajstić information content (AvgIpc) is 3.77. The molecule has 0 N–H and O–H groups in total. The van der Waals surface area contributed by atoms with E-state index in [1.54, 1.807) is 0 Å². The Bertz CT molecular complexity index is 3480. The molecular weight excluding hydrogens is 737 g/mol. The second-order valence-corrected chi connectivity index (χ2v) is 17.0. The minimum Gasteiger partial charge on any atom is -0.310 e. The van der Waals surface area contributed by atoms with Gasteiger partial charge in [-0.3, -0.25) is 0 Å². The molecule has 0 unspecified atom stereocenters. The summed E-state index contributed by atoms with van der Waals surface area (Å²) < 4.78 is 2.40. The summed E-state index contributed by atoms with van der Waals surface area (Å²) in [6.45, 7) is 4.78. The highest BCUT2D eigenvalue weighted by molar-refractivity contribution is 6.11. The second kappa shape index (κ2) is 13.7. The lowest BCUT2D eigenvalue weighted by Gasteiger charge is -2.28. The number of anilines is 3. The molecule has 11 aromatic rings. The van der Waals surface area contributed by atoms with Crippen molar-refractivity contribution < 1.29 is 0 Å². The predicted molar refractivity (Wildman–Crippen MR) is 259 cm³/mol. The molecule has 0 saturated heterocycles. The van der Waals surface area contributed by atoms with Crippen molar-refractivity contribution in [3.05, 3.63) is 230 Å². The molecule has 1 aliphatic rings. The van der Waals surface area contributed by atoms with E-state index < -0.39 is 0 Å². The van der Waals surface area contributed by atoms with Crippen LogP contribution < -0.4 is 4.90 Å². The van der Waals surface area contributed by atoms with Crippen molar-refractivity contribution in [2.75, 3.05) is 4.90 Å². The monoisotopic (exact) mass is 778 g/mol. The fraction of sp³-hybridized carbons (Fsp3) is 0.0508. The third-order valence-corrected chi connectivity index (χ3v) is 13.2. The standard InChI is InChI=1S/C59H42N2/c1-59(2)55-35-43(44-27-33-53-52-19-11-12-20-57(52)61(58(53)36-44)45-16-7-4-8-17-45)26-32-50(55)51-34-31-48(38-56(51)59)60(46-28-23-40(24-29-46)39-13-5-3-6-14-39)47-30-25-42-22-21-41-15-9-10-18-49(41)54(42)37-47/h3-38H,1-2H3. The molecule has 0 radical (unpaired) electrons. The fourth-order valence-electron chi connectivity index (χ4n) is 10.1. The van der Waals surface area contributed by atoms with Gasteiger partial charge in [-0.25, -0.2) is 0 Å². The van der Waals surface area contributed by atoms with Gasteiger partial charge in [-0.05, 0) is 133 Å². The van der Waals surface area contributed by atoms with E-state index in [9.17, 15) is 0 Å². The highest BCUT2D eigenvalue weighted by atomic mass is 15.1. The molecule has 2 heteroatoms. The van der Waals surface area contributed by atoms with Crippen LogP contribution in [0.3, 0.4) is 0 Å².